The summed E-state index contributed by atoms with van der Waals surface area (Å²) in [6.07, 6.45) is 5.47. The van der Waals surface area contributed by atoms with E-state index in [0.717, 1.165) is 24.0 Å². The van der Waals surface area contributed by atoms with Crippen molar-refractivity contribution >= 4 is 0 Å². The molecule has 0 aliphatic rings. The molecule has 2 heterocycles. The fraction of sp³-hybridized carbons (Fsp3) is 0.357. The summed E-state index contributed by atoms with van der Waals surface area (Å²) < 4.78 is 0. The van der Waals surface area contributed by atoms with Gasteiger partial charge in [-0.25, -0.2) is 0 Å². The van der Waals surface area contributed by atoms with Crippen LogP contribution in [0.5, 0.6) is 5.88 Å². The lowest BCUT2D eigenvalue weighted by Gasteiger charge is -2.08. The van der Waals surface area contributed by atoms with E-state index in [1.165, 1.54) is 0 Å². The average Bonchev–Trinajstić information content (AvgIpc) is 2.42. The topological polar surface area (TPSA) is 78.9 Å². The summed E-state index contributed by atoms with van der Waals surface area (Å²) in [6, 6.07) is 1.79. The van der Waals surface area contributed by atoms with Gasteiger partial charge in [-0.3, -0.25) is 9.78 Å². The molecule has 0 saturated carbocycles. The monoisotopic (exact) mass is 259 g/mol. The molecule has 2 N–H and O–H groups in total. The SMILES string of the molecule is CCCc1c(O)nc(-c2ccncc2CC)[nH]c1=O. The van der Waals surface area contributed by atoms with Crippen LogP contribution < -0.4 is 5.56 Å². The van der Waals surface area contributed by atoms with Crippen molar-refractivity contribution in [2.24, 2.45) is 0 Å². The van der Waals surface area contributed by atoms with E-state index in [1.54, 1.807) is 18.5 Å². The summed E-state index contributed by atoms with van der Waals surface area (Å²) in [5.74, 6) is 0.209. The molecular weight excluding hydrogens is 242 g/mol. The van der Waals surface area contributed by atoms with Crippen molar-refractivity contribution in [3.05, 3.63) is 39.9 Å². The maximum atomic E-state index is 12.0. The van der Waals surface area contributed by atoms with E-state index in [-0.39, 0.29) is 11.4 Å². The third-order valence-corrected chi connectivity index (χ3v) is 3.03. The number of aromatic amines is 1. The molecule has 0 aromatic carbocycles. The lowest BCUT2D eigenvalue weighted by molar-refractivity contribution is 0.443. The zero-order valence-electron chi connectivity index (χ0n) is 11.1. The Morgan fingerprint density at radius 1 is 1.37 bits per heavy atom. The number of pyridine rings is 1. The first kappa shape index (κ1) is 13.3. The van der Waals surface area contributed by atoms with Crippen molar-refractivity contribution in [3.8, 4) is 17.3 Å². The molecule has 5 heteroatoms. The summed E-state index contributed by atoms with van der Waals surface area (Å²) in [5, 5.41) is 9.88. The van der Waals surface area contributed by atoms with Crippen molar-refractivity contribution in [1.82, 2.24) is 15.0 Å². The van der Waals surface area contributed by atoms with Crippen molar-refractivity contribution in [2.75, 3.05) is 0 Å². The summed E-state index contributed by atoms with van der Waals surface area (Å²) in [5.41, 5.74) is 1.85. The van der Waals surface area contributed by atoms with E-state index in [1.807, 2.05) is 13.8 Å². The number of hydrogen-bond donors (Lipinski definition) is 2. The number of hydrogen-bond acceptors (Lipinski definition) is 4. The Morgan fingerprint density at radius 3 is 2.79 bits per heavy atom. The van der Waals surface area contributed by atoms with Crippen LogP contribution in [0, 0.1) is 0 Å². The molecule has 2 aromatic rings. The fourth-order valence-corrected chi connectivity index (χ4v) is 2.03. The van der Waals surface area contributed by atoms with E-state index in [0.29, 0.717) is 17.8 Å². The lowest BCUT2D eigenvalue weighted by atomic mass is 10.1. The number of aryl methyl sites for hydroxylation is 1. The Labute approximate surface area is 111 Å². The van der Waals surface area contributed by atoms with Gasteiger partial charge in [-0.05, 0) is 24.5 Å². The molecule has 2 aromatic heterocycles. The third-order valence-electron chi connectivity index (χ3n) is 3.03. The first-order chi connectivity index (χ1) is 9.17. The molecule has 0 amide bonds. The summed E-state index contributed by atoms with van der Waals surface area (Å²) in [4.78, 5) is 22.8. The van der Waals surface area contributed by atoms with Gasteiger partial charge in [0.2, 0.25) is 5.88 Å². The Bertz CT molecular complexity index is 635. The van der Waals surface area contributed by atoms with Gasteiger partial charge in [-0.15, -0.1) is 0 Å². The number of nitrogens with zero attached hydrogens (tertiary/aromatic N) is 2. The van der Waals surface area contributed by atoms with Gasteiger partial charge in [0, 0.05) is 18.0 Å². The molecule has 0 spiro atoms. The Hall–Kier alpha value is -2.17. The molecular formula is C14H17N3O2. The molecule has 0 bridgehead atoms. The highest BCUT2D eigenvalue weighted by atomic mass is 16.3. The van der Waals surface area contributed by atoms with E-state index >= 15 is 0 Å². The predicted molar refractivity (Wildman–Crippen MR) is 73.1 cm³/mol. The number of aromatic nitrogens is 3. The molecule has 5 nitrogen and oxygen atoms in total. The fourth-order valence-electron chi connectivity index (χ4n) is 2.03. The first-order valence-corrected chi connectivity index (χ1v) is 6.42. The number of H-pyrrole nitrogens is 1. The second-order valence-electron chi connectivity index (χ2n) is 4.35. The minimum atomic E-state index is -0.275. The highest BCUT2D eigenvalue weighted by Gasteiger charge is 2.12. The first-order valence-electron chi connectivity index (χ1n) is 6.42. The van der Waals surface area contributed by atoms with Gasteiger partial charge < -0.3 is 10.1 Å². The molecule has 0 saturated heterocycles. The highest BCUT2D eigenvalue weighted by Crippen LogP contribution is 2.21. The standard InChI is InChI=1S/C14H17N3O2/c1-3-5-11-13(18)16-12(17-14(11)19)10-6-7-15-8-9(10)4-2/h6-8H,3-5H2,1-2H3,(H2,16,17,18,19). The maximum absolute atomic E-state index is 12.0. The summed E-state index contributed by atoms with van der Waals surface area (Å²) in [6.45, 7) is 3.95. The molecule has 0 aliphatic carbocycles. The van der Waals surface area contributed by atoms with Crippen LogP contribution in [0.3, 0.4) is 0 Å². The number of rotatable bonds is 4. The molecule has 19 heavy (non-hydrogen) atoms. The molecule has 2 rings (SSSR count). The van der Waals surface area contributed by atoms with Gasteiger partial charge in [-0.2, -0.15) is 4.98 Å². The van der Waals surface area contributed by atoms with Crippen molar-refractivity contribution < 1.29 is 5.11 Å². The number of aromatic hydroxyl groups is 1. The Morgan fingerprint density at radius 2 is 2.16 bits per heavy atom. The molecule has 100 valence electrons. The average molecular weight is 259 g/mol. The van der Waals surface area contributed by atoms with Crippen LogP contribution in [-0.2, 0) is 12.8 Å². The van der Waals surface area contributed by atoms with E-state index < -0.39 is 0 Å². The van der Waals surface area contributed by atoms with Crippen molar-refractivity contribution in [3.63, 3.8) is 0 Å². The van der Waals surface area contributed by atoms with Gasteiger partial charge in [0.25, 0.3) is 5.56 Å². The van der Waals surface area contributed by atoms with Crippen molar-refractivity contribution in [2.45, 2.75) is 33.1 Å². The van der Waals surface area contributed by atoms with Gasteiger partial charge in [-0.1, -0.05) is 20.3 Å². The highest BCUT2D eigenvalue weighted by molar-refractivity contribution is 5.59. The van der Waals surface area contributed by atoms with Crippen LogP contribution in [0.2, 0.25) is 0 Å². The number of nitrogens with one attached hydrogen (secondary N) is 1. The smallest absolute Gasteiger partial charge is 0.258 e. The van der Waals surface area contributed by atoms with Gasteiger partial charge in [0.05, 0.1) is 5.56 Å². The molecule has 0 unspecified atom stereocenters. The van der Waals surface area contributed by atoms with E-state index in [9.17, 15) is 9.90 Å². The van der Waals surface area contributed by atoms with Crippen LogP contribution in [0.25, 0.3) is 11.4 Å². The lowest BCUT2D eigenvalue weighted by Crippen LogP contribution is -2.15. The van der Waals surface area contributed by atoms with Gasteiger partial charge >= 0.3 is 0 Å². The quantitative estimate of drug-likeness (QED) is 0.880. The largest absolute Gasteiger partial charge is 0.493 e. The maximum Gasteiger partial charge on any atom is 0.258 e. The van der Waals surface area contributed by atoms with Crippen LogP contribution in [0.1, 0.15) is 31.4 Å². The second-order valence-corrected chi connectivity index (χ2v) is 4.35. The van der Waals surface area contributed by atoms with Gasteiger partial charge in [0.1, 0.15) is 5.82 Å². The van der Waals surface area contributed by atoms with E-state index in [4.69, 9.17) is 0 Å². The second kappa shape index (κ2) is 5.65. The van der Waals surface area contributed by atoms with Crippen LogP contribution in [0.15, 0.2) is 23.3 Å². The molecule has 0 fully saturated rings. The van der Waals surface area contributed by atoms with Crippen LogP contribution in [0.4, 0.5) is 0 Å². The van der Waals surface area contributed by atoms with Crippen LogP contribution >= 0.6 is 0 Å². The van der Waals surface area contributed by atoms with E-state index in [2.05, 4.69) is 15.0 Å². The minimum absolute atomic E-state index is 0.181. The summed E-state index contributed by atoms with van der Waals surface area (Å²) in [7, 11) is 0. The normalized spacial score (nSPS) is 10.6. The minimum Gasteiger partial charge on any atom is -0.493 e. The van der Waals surface area contributed by atoms with Crippen molar-refractivity contribution in [1.29, 1.82) is 0 Å². The Kier molecular flexibility index (Phi) is 3.94. The zero-order chi connectivity index (χ0) is 13.8. The predicted octanol–water partition coefficient (Wildman–Crippen LogP) is 2.05. The van der Waals surface area contributed by atoms with Crippen LogP contribution in [-0.4, -0.2) is 20.1 Å². The Balaban J connectivity index is 2.55. The van der Waals surface area contributed by atoms with Gasteiger partial charge in [0.15, 0.2) is 0 Å². The molecule has 0 radical (unpaired) electrons. The zero-order valence-corrected chi connectivity index (χ0v) is 11.1. The summed E-state index contributed by atoms with van der Waals surface area (Å²) >= 11 is 0. The third kappa shape index (κ3) is 2.65. The molecule has 0 aliphatic heterocycles. The molecule has 0 atom stereocenters.